The van der Waals surface area contributed by atoms with Crippen molar-refractivity contribution in [3.8, 4) is 0 Å². The lowest BCUT2D eigenvalue weighted by molar-refractivity contribution is 0.0444. The standard InChI is InChI=1S/C19H26FNO/c20-18-14-8-7-13-17(18)19(22)21(15-9-3-1-4-10-15)16-11-5-2-6-12-16/h7-8,13-16H,1-6,9-12H2. The van der Waals surface area contributed by atoms with Crippen LogP contribution in [0, 0.1) is 5.82 Å². The number of nitrogens with zero attached hydrogens (tertiary/aromatic N) is 1. The van der Waals surface area contributed by atoms with E-state index in [4.69, 9.17) is 0 Å². The van der Waals surface area contributed by atoms with E-state index < -0.39 is 0 Å². The van der Waals surface area contributed by atoms with Gasteiger partial charge in [0, 0.05) is 12.1 Å². The number of rotatable bonds is 3. The first-order valence-electron chi connectivity index (χ1n) is 8.84. The van der Waals surface area contributed by atoms with Crippen LogP contribution in [0.2, 0.25) is 0 Å². The van der Waals surface area contributed by atoms with E-state index in [-0.39, 0.29) is 17.3 Å². The van der Waals surface area contributed by atoms with Gasteiger partial charge in [-0.1, -0.05) is 50.7 Å². The molecular formula is C19H26FNO. The zero-order valence-corrected chi connectivity index (χ0v) is 13.3. The molecule has 2 saturated carbocycles. The largest absolute Gasteiger partial charge is 0.333 e. The van der Waals surface area contributed by atoms with Gasteiger partial charge in [-0.05, 0) is 37.8 Å². The van der Waals surface area contributed by atoms with Crippen LogP contribution in [-0.4, -0.2) is 22.9 Å². The highest BCUT2D eigenvalue weighted by Crippen LogP contribution is 2.31. The molecule has 0 radical (unpaired) electrons. The molecule has 0 aliphatic heterocycles. The molecular weight excluding hydrogens is 277 g/mol. The summed E-state index contributed by atoms with van der Waals surface area (Å²) in [7, 11) is 0. The zero-order valence-electron chi connectivity index (χ0n) is 13.3. The van der Waals surface area contributed by atoms with Crippen LogP contribution in [0.5, 0.6) is 0 Å². The maximum Gasteiger partial charge on any atom is 0.257 e. The average Bonchev–Trinajstić information content (AvgIpc) is 2.57. The molecule has 3 heteroatoms. The Balaban J connectivity index is 1.86. The van der Waals surface area contributed by atoms with E-state index in [1.54, 1.807) is 18.2 Å². The molecule has 2 aliphatic rings. The van der Waals surface area contributed by atoms with E-state index in [1.807, 2.05) is 0 Å². The third-order valence-electron chi connectivity index (χ3n) is 5.27. The van der Waals surface area contributed by atoms with Crippen molar-refractivity contribution in [3.63, 3.8) is 0 Å². The molecule has 1 aromatic rings. The predicted molar refractivity (Wildman–Crippen MR) is 86.3 cm³/mol. The summed E-state index contributed by atoms with van der Waals surface area (Å²) in [6.45, 7) is 0. The molecule has 0 spiro atoms. The molecule has 0 N–H and O–H groups in total. The Labute approximate surface area is 132 Å². The van der Waals surface area contributed by atoms with Gasteiger partial charge < -0.3 is 4.90 Å². The van der Waals surface area contributed by atoms with Crippen molar-refractivity contribution in [3.05, 3.63) is 35.6 Å². The van der Waals surface area contributed by atoms with Crippen LogP contribution >= 0.6 is 0 Å². The van der Waals surface area contributed by atoms with Crippen LogP contribution in [0.1, 0.15) is 74.6 Å². The molecule has 2 aliphatic carbocycles. The highest BCUT2D eigenvalue weighted by Gasteiger charge is 2.33. The van der Waals surface area contributed by atoms with E-state index >= 15 is 0 Å². The molecule has 0 aromatic heterocycles. The van der Waals surface area contributed by atoms with Crippen LogP contribution in [0.4, 0.5) is 4.39 Å². The molecule has 120 valence electrons. The topological polar surface area (TPSA) is 20.3 Å². The SMILES string of the molecule is O=C(c1ccccc1F)N(C1CCCCC1)C1CCCCC1. The first-order chi connectivity index (χ1) is 10.8. The second-order valence-corrected chi connectivity index (χ2v) is 6.78. The maximum atomic E-state index is 14.1. The highest BCUT2D eigenvalue weighted by atomic mass is 19.1. The molecule has 22 heavy (non-hydrogen) atoms. The molecule has 0 heterocycles. The van der Waals surface area contributed by atoms with Crippen molar-refractivity contribution in [2.75, 3.05) is 0 Å². The predicted octanol–water partition coefficient (Wildman–Crippen LogP) is 4.93. The van der Waals surface area contributed by atoms with Crippen molar-refractivity contribution in [1.82, 2.24) is 4.90 Å². The van der Waals surface area contributed by atoms with Crippen LogP contribution in [0.3, 0.4) is 0 Å². The number of hydrogen-bond acceptors (Lipinski definition) is 1. The third-order valence-corrected chi connectivity index (χ3v) is 5.27. The molecule has 1 amide bonds. The van der Waals surface area contributed by atoms with Gasteiger partial charge in [0.1, 0.15) is 5.82 Å². The maximum absolute atomic E-state index is 14.1. The van der Waals surface area contributed by atoms with Gasteiger partial charge in [-0.3, -0.25) is 4.79 Å². The van der Waals surface area contributed by atoms with Crippen molar-refractivity contribution >= 4 is 5.91 Å². The summed E-state index contributed by atoms with van der Waals surface area (Å²) in [5.74, 6) is -0.471. The average molecular weight is 303 g/mol. The molecule has 0 unspecified atom stereocenters. The molecule has 2 nitrogen and oxygen atoms in total. The van der Waals surface area contributed by atoms with Crippen molar-refractivity contribution in [2.24, 2.45) is 0 Å². The van der Waals surface area contributed by atoms with Gasteiger partial charge in [-0.25, -0.2) is 4.39 Å². The number of amides is 1. The monoisotopic (exact) mass is 303 g/mol. The lowest BCUT2D eigenvalue weighted by atomic mass is 9.88. The van der Waals surface area contributed by atoms with Gasteiger partial charge in [-0.15, -0.1) is 0 Å². The summed E-state index contributed by atoms with van der Waals surface area (Å²) >= 11 is 0. The van der Waals surface area contributed by atoms with Gasteiger partial charge in [0.05, 0.1) is 5.56 Å². The van der Waals surface area contributed by atoms with Crippen LogP contribution in [0.25, 0.3) is 0 Å². The summed E-state index contributed by atoms with van der Waals surface area (Å²) in [6.07, 6.45) is 11.6. The van der Waals surface area contributed by atoms with Crippen LogP contribution < -0.4 is 0 Å². The summed E-state index contributed by atoms with van der Waals surface area (Å²) < 4.78 is 14.1. The summed E-state index contributed by atoms with van der Waals surface area (Å²) in [5, 5.41) is 0. The molecule has 0 atom stereocenters. The fourth-order valence-electron chi connectivity index (χ4n) is 4.12. The van der Waals surface area contributed by atoms with Crippen LogP contribution in [-0.2, 0) is 0 Å². The number of carbonyl (C=O) groups excluding carboxylic acids is 1. The quantitative estimate of drug-likeness (QED) is 0.775. The van der Waals surface area contributed by atoms with Gasteiger partial charge >= 0.3 is 0 Å². The summed E-state index contributed by atoms with van der Waals surface area (Å²) in [6, 6.07) is 7.06. The molecule has 0 bridgehead atoms. The minimum atomic E-state index is -0.385. The lowest BCUT2D eigenvalue weighted by Crippen LogP contribution is -2.49. The smallest absolute Gasteiger partial charge is 0.257 e. The molecule has 2 fully saturated rings. The van der Waals surface area contributed by atoms with Crippen molar-refractivity contribution < 1.29 is 9.18 Å². The van der Waals surface area contributed by atoms with Gasteiger partial charge in [0.15, 0.2) is 0 Å². The highest BCUT2D eigenvalue weighted by molar-refractivity contribution is 5.95. The van der Waals surface area contributed by atoms with Crippen molar-refractivity contribution in [2.45, 2.75) is 76.3 Å². The Hall–Kier alpha value is -1.38. The second-order valence-electron chi connectivity index (χ2n) is 6.78. The number of halogens is 1. The normalized spacial score (nSPS) is 20.8. The lowest BCUT2D eigenvalue weighted by Gasteiger charge is -2.41. The van der Waals surface area contributed by atoms with Gasteiger partial charge in [0.2, 0.25) is 0 Å². The Kier molecular flexibility index (Phi) is 5.12. The van der Waals surface area contributed by atoms with Crippen molar-refractivity contribution in [1.29, 1.82) is 0 Å². The molecule has 3 rings (SSSR count). The molecule has 1 aromatic carbocycles. The van der Waals surface area contributed by atoms with Crippen LogP contribution in [0.15, 0.2) is 24.3 Å². The van der Waals surface area contributed by atoms with E-state index in [0.717, 1.165) is 25.7 Å². The minimum absolute atomic E-state index is 0.0862. The summed E-state index contributed by atoms with van der Waals surface area (Å²) in [5.41, 5.74) is 0.249. The fraction of sp³-hybridized carbons (Fsp3) is 0.632. The Morgan fingerprint density at radius 3 is 1.86 bits per heavy atom. The van der Waals surface area contributed by atoms with Gasteiger partial charge in [0.25, 0.3) is 5.91 Å². The van der Waals surface area contributed by atoms with Gasteiger partial charge in [-0.2, -0.15) is 0 Å². The third kappa shape index (κ3) is 3.34. The Bertz CT molecular complexity index is 486. The van der Waals surface area contributed by atoms with E-state index in [9.17, 15) is 9.18 Å². The number of hydrogen-bond donors (Lipinski definition) is 0. The number of carbonyl (C=O) groups is 1. The second kappa shape index (κ2) is 7.26. The zero-order chi connectivity index (χ0) is 15.4. The summed E-state index contributed by atoms with van der Waals surface area (Å²) in [4.78, 5) is 15.1. The first-order valence-corrected chi connectivity index (χ1v) is 8.84. The first kappa shape index (κ1) is 15.5. The van der Waals surface area contributed by atoms with E-state index in [0.29, 0.717) is 12.1 Å². The Morgan fingerprint density at radius 2 is 1.36 bits per heavy atom. The fourth-order valence-corrected chi connectivity index (χ4v) is 4.12. The number of benzene rings is 1. The molecule has 0 saturated heterocycles. The minimum Gasteiger partial charge on any atom is -0.333 e. The Morgan fingerprint density at radius 1 is 0.864 bits per heavy atom. The van der Waals surface area contributed by atoms with E-state index in [2.05, 4.69) is 4.90 Å². The van der Waals surface area contributed by atoms with E-state index in [1.165, 1.54) is 44.6 Å².